The third-order valence-corrected chi connectivity index (χ3v) is 6.22. The van der Waals surface area contributed by atoms with Gasteiger partial charge in [0.2, 0.25) is 0 Å². The van der Waals surface area contributed by atoms with Gasteiger partial charge in [0.15, 0.2) is 0 Å². The molecule has 1 heterocycles. The lowest BCUT2D eigenvalue weighted by molar-refractivity contribution is -0.0730. The van der Waals surface area contributed by atoms with Crippen LogP contribution in [0.4, 0.5) is 0 Å². The predicted octanol–water partition coefficient (Wildman–Crippen LogP) is 5.30. The van der Waals surface area contributed by atoms with Crippen LogP contribution in [0.25, 0.3) is 0 Å². The van der Waals surface area contributed by atoms with Gasteiger partial charge in [0.1, 0.15) is 24.4 Å². The third-order valence-electron chi connectivity index (χ3n) is 6.22. The first kappa shape index (κ1) is 28.6. The molecule has 5 nitrogen and oxygen atoms in total. The van der Waals surface area contributed by atoms with E-state index in [2.05, 4.69) is 19.1 Å². The minimum Gasteiger partial charge on any atom is -0.394 e. The van der Waals surface area contributed by atoms with E-state index < -0.39 is 31.0 Å². The summed E-state index contributed by atoms with van der Waals surface area (Å²) in [7, 11) is 0. The van der Waals surface area contributed by atoms with Crippen LogP contribution in [0.1, 0.15) is 110 Å². The first-order chi connectivity index (χ1) is 15.2. The Morgan fingerprint density at radius 2 is 1.35 bits per heavy atom. The fourth-order valence-corrected chi connectivity index (χ4v) is 4.14. The molecule has 0 aliphatic carbocycles. The molecule has 1 saturated heterocycles. The van der Waals surface area contributed by atoms with E-state index in [4.69, 9.17) is 14.6 Å². The largest absolute Gasteiger partial charge is 0.394 e. The number of aliphatic hydroxyl groups excluding tert-OH is 3. The molecule has 1 aliphatic heterocycles. The van der Waals surface area contributed by atoms with Crippen molar-refractivity contribution in [1.29, 1.82) is 0 Å². The van der Waals surface area contributed by atoms with Crippen molar-refractivity contribution in [1.82, 2.24) is 0 Å². The van der Waals surface area contributed by atoms with E-state index in [1.807, 2.05) is 0 Å². The van der Waals surface area contributed by atoms with Gasteiger partial charge in [-0.05, 0) is 32.1 Å². The van der Waals surface area contributed by atoms with Gasteiger partial charge >= 0.3 is 0 Å². The summed E-state index contributed by atoms with van der Waals surface area (Å²) < 4.78 is 11.0. The summed E-state index contributed by atoms with van der Waals surface area (Å²) in [6.45, 7) is 2.73. The van der Waals surface area contributed by atoms with Crippen molar-refractivity contribution in [3.8, 4) is 0 Å². The highest BCUT2D eigenvalue weighted by atomic mass is 16.6. The van der Waals surface area contributed by atoms with Gasteiger partial charge in [-0.1, -0.05) is 89.7 Å². The molecule has 184 valence electrons. The van der Waals surface area contributed by atoms with Crippen LogP contribution < -0.4 is 0 Å². The monoisotopic (exact) mass is 442 g/mol. The second kappa shape index (κ2) is 20.2. The normalized spacial score (nSPS) is 22.5. The minimum atomic E-state index is -1.05. The van der Waals surface area contributed by atoms with Crippen LogP contribution in [0.3, 0.4) is 0 Å². The molecule has 1 aliphatic rings. The lowest BCUT2D eigenvalue weighted by Gasteiger charge is -2.20. The molecule has 0 unspecified atom stereocenters. The number of ether oxygens (including phenoxy) is 2. The van der Waals surface area contributed by atoms with Crippen molar-refractivity contribution in [3.05, 3.63) is 12.2 Å². The van der Waals surface area contributed by atoms with E-state index in [9.17, 15) is 10.2 Å². The van der Waals surface area contributed by atoms with Crippen LogP contribution in [-0.2, 0) is 9.47 Å². The summed E-state index contributed by atoms with van der Waals surface area (Å²) in [4.78, 5) is 0. The Morgan fingerprint density at radius 1 is 0.839 bits per heavy atom. The maximum atomic E-state index is 10.1. The smallest absolute Gasteiger partial charge is 0.114 e. The van der Waals surface area contributed by atoms with E-state index in [1.165, 1.54) is 89.9 Å². The Kier molecular flexibility index (Phi) is 18.6. The molecule has 0 aromatic rings. The van der Waals surface area contributed by atoms with Gasteiger partial charge in [0, 0.05) is 6.61 Å². The molecule has 0 bridgehead atoms. The topological polar surface area (TPSA) is 79.2 Å². The van der Waals surface area contributed by atoms with Crippen molar-refractivity contribution in [3.63, 3.8) is 0 Å². The van der Waals surface area contributed by atoms with Gasteiger partial charge in [-0.25, -0.2) is 0 Å². The first-order valence-corrected chi connectivity index (χ1v) is 13.1. The van der Waals surface area contributed by atoms with Crippen LogP contribution in [0, 0.1) is 0 Å². The van der Waals surface area contributed by atoms with Crippen molar-refractivity contribution in [2.45, 2.75) is 134 Å². The molecular weight excluding hydrogens is 392 g/mol. The van der Waals surface area contributed by atoms with Crippen molar-refractivity contribution in [2.75, 3.05) is 19.8 Å². The van der Waals surface area contributed by atoms with Crippen LogP contribution in [0.2, 0.25) is 0 Å². The summed E-state index contributed by atoms with van der Waals surface area (Å²) >= 11 is 0. The lowest BCUT2D eigenvalue weighted by Crippen LogP contribution is -2.41. The molecule has 0 spiro atoms. The second-order valence-corrected chi connectivity index (χ2v) is 9.09. The SMILES string of the molecule is CCCCCCCCCCC/C=C/CCCCCCCO[C@H]1CO[C@@H]([C@H](O)CO)[C@H]1O. The lowest BCUT2D eigenvalue weighted by atomic mass is 10.1. The van der Waals surface area contributed by atoms with E-state index in [0.717, 1.165) is 12.8 Å². The molecule has 3 N–H and O–H groups in total. The van der Waals surface area contributed by atoms with E-state index in [0.29, 0.717) is 6.61 Å². The zero-order chi connectivity index (χ0) is 22.6. The molecule has 0 radical (unpaired) electrons. The highest BCUT2D eigenvalue weighted by molar-refractivity contribution is 4.88. The quantitative estimate of drug-likeness (QED) is 0.166. The minimum absolute atomic E-state index is 0.272. The fourth-order valence-electron chi connectivity index (χ4n) is 4.14. The van der Waals surface area contributed by atoms with E-state index >= 15 is 0 Å². The van der Waals surface area contributed by atoms with Crippen LogP contribution in [-0.4, -0.2) is 59.6 Å². The van der Waals surface area contributed by atoms with Gasteiger partial charge in [-0.2, -0.15) is 0 Å². The van der Waals surface area contributed by atoms with Crippen molar-refractivity contribution >= 4 is 0 Å². The molecule has 1 fully saturated rings. The summed E-state index contributed by atoms with van der Waals surface area (Å²) in [5, 5.41) is 28.6. The second-order valence-electron chi connectivity index (χ2n) is 9.09. The van der Waals surface area contributed by atoms with Gasteiger partial charge < -0.3 is 24.8 Å². The Morgan fingerprint density at radius 3 is 1.90 bits per heavy atom. The molecule has 4 atom stereocenters. The number of rotatable bonds is 21. The Bertz CT molecular complexity index is 415. The van der Waals surface area contributed by atoms with E-state index in [-0.39, 0.29) is 6.61 Å². The van der Waals surface area contributed by atoms with E-state index in [1.54, 1.807) is 0 Å². The standard InChI is InChI=1S/C26H50O5/c1-2-3-4-5-6-7-8-9-10-11-12-13-14-15-16-17-18-19-20-30-24-22-31-26(25(24)29)23(28)21-27/h12-13,23-29H,2-11,14-22H2,1H3/b13-12+/t23-,24+,25+,26+/m1/s1. The van der Waals surface area contributed by atoms with Crippen molar-refractivity contribution in [2.24, 2.45) is 0 Å². The Labute approximate surface area is 191 Å². The average Bonchev–Trinajstić information content (AvgIpc) is 3.15. The fraction of sp³-hybridized carbons (Fsp3) is 0.923. The summed E-state index contributed by atoms with van der Waals surface area (Å²) in [5.41, 5.74) is 0. The average molecular weight is 443 g/mol. The van der Waals surface area contributed by atoms with Gasteiger partial charge in [0.25, 0.3) is 0 Å². The summed E-state index contributed by atoms with van der Waals surface area (Å²) in [6, 6.07) is 0. The van der Waals surface area contributed by atoms with Crippen LogP contribution in [0.5, 0.6) is 0 Å². The molecule has 5 heteroatoms. The predicted molar refractivity (Wildman–Crippen MR) is 127 cm³/mol. The maximum Gasteiger partial charge on any atom is 0.114 e. The summed E-state index contributed by atoms with van der Waals surface area (Å²) in [5.74, 6) is 0. The number of hydrogen-bond donors (Lipinski definition) is 3. The molecule has 0 aromatic carbocycles. The van der Waals surface area contributed by atoms with Gasteiger partial charge in [0.05, 0.1) is 13.2 Å². The van der Waals surface area contributed by atoms with Crippen molar-refractivity contribution < 1.29 is 24.8 Å². The zero-order valence-corrected chi connectivity index (χ0v) is 20.1. The molecule has 0 saturated carbocycles. The van der Waals surface area contributed by atoms with Crippen LogP contribution >= 0.6 is 0 Å². The van der Waals surface area contributed by atoms with Crippen LogP contribution in [0.15, 0.2) is 12.2 Å². The summed E-state index contributed by atoms with van der Waals surface area (Å²) in [6.07, 6.45) is 22.5. The first-order valence-electron chi connectivity index (χ1n) is 13.1. The molecule has 0 aromatic heterocycles. The molecule has 0 amide bonds. The number of allylic oxidation sites excluding steroid dienone is 2. The third kappa shape index (κ3) is 14.3. The highest BCUT2D eigenvalue weighted by Gasteiger charge is 2.40. The Hall–Kier alpha value is -0.460. The maximum absolute atomic E-state index is 10.1. The van der Waals surface area contributed by atoms with Gasteiger partial charge in [-0.3, -0.25) is 0 Å². The number of aliphatic hydroxyl groups is 3. The number of hydrogen-bond acceptors (Lipinski definition) is 5. The zero-order valence-electron chi connectivity index (χ0n) is 20.1. The highest BCUT2D eigenvalue weighted by Crippen LogP contribution is 2.20. The molecule has 1 rings (SSSR count). The van der Waals surface area contributed by atoms with Gasteiger partial charge in [-0.15, -0.1) is 0 Å². The number of unbranched alkanes of at least 4 members (excludes halogenated alkanes) is 14. The molecule has 31 heavy (non-hydrogen) atoms. The Balaban J connectivity index is 1.81. The molecular formula is C26H50O5.